The second-order valence-electron chi connectivity index (χ2n) is 14.6. The molecule has 3 aromatic rings. The Morgan fingerprint density at radius 3 is 0.848 bits per heavy atom. The van der Waals surface area contributed by atoms with Gasteiger partial charge in [-0.1, -0.05) is 41.5 Å². The van der Waals surface area contributed by atoms with Crippen LogP contribution in [0.5, 0.6) is 0 Å². The van der Waals surface area contributed by atoms with Crippen molar-refractivity contribution in [3.63, 3.8) is 0 Å². The quantitative estimate of drug-likeness (QED) is 0.0667. The highest BCUT2D eigenvalue weighted by atomic mass is 32.2. The van der Waals surface area contributed by atoms with Crippen LogP contribution in [0, 0.1) is 67.6 Å². The number of nitro groups is 6. The van der Waals surface area contributed by atoms with E-state index in [0.29, 0.717) is 69.6 Å². The lowest BCUT2D eigenvalue weighted by Crippen LogP contribution is -2.27. The predicted octanol–water partition coefficient (Wildman–Crippen LogP) is 10.1. The highest BCUT2D eigenvalue weighted by Crippen LogP contribution is 2.44. The lowest BCUT2D eigenvalue weighted by atomic mass is 10.1. The first-order valence-electron chi connectivity index (χ1n) is 20.6. The molecule has 0 aromatic heterocycles. The molecule has 23 nitrogen and oxygen atoms in total. The summed E-state index contributed by atoms with van der Waals surface area (Å²) < 4.78 is 61.8. The highest BCUT2D eigenvalue weighted by molar-refractivity contribution is 7.90. The number of hydrogen-bond acceptors (Lipinski definition) is 17. The molecule has 0 unspecified atom stereocenters. The van der Waals surface area contributed by atoms with Gasteiger partial charge in [0.15, 0.2) is 26.9 Å². The van der Waals surface area contributed by atoms with Gasteiger partial charge in [-0.15, -0.1) is 0 Å². The lowest BCUT2D eigenvalue weighted by molar-refractivity contribution is -0.393. The fourth-order valence-electron chi connectivity index (χ4n) is 6.73. The Labute approximate surface area is 378 Å². The lowest BCUT2D eigenvalue weighted by Gasteiger charge is -2.23. The SMILES string of the molecule is CCCN(CCC)c1c([N+](=O)[O-])cc(C(F)(F)F)cc1[N+](=O)[O-].CCCN(CCC)c1c([N+](=O)[O-])cc(C)cc1[N+](=O)[O-].CCCN(CCC)c1c([N+](=O)[O-])cc(S(C)(=O)=O)cc1[N+](=O)[O-]. The van der Waals surface area contributed by atoms with Gasteiger partial charge < -0.3 is 14.7 Å². The van der Waals surface area contributed by atoms with Crippen LogP contribution in [-0.4, -0.2) is 83.5 Å². The molecule has 0 radical (unpaired) electrons. The smallest absolute Gasteiger partial charge is 0.360 e. The standard InChI is InChI=1S/C13H16F3N3O4.C13H19N3O6S.C13H19N3O4/c1-3-5-17(6-4-2)12-10(18(20)21)7-9(13(14,15)16)8-11(12)19(22)23;1-4-6-14(7-5-2)13-11(15(17)18)8-10(23(3,21)22)9-12(13)16(19)20;1-4-6-14(7-5-2)13-11(15(17)18)8-10(3)9-12(13)16(19)20/h7-8H,3-6H2,1-2H3;8-9H,4-7H2,1-3H3;8-9H,4-7H2,1-3H3. The summed E-state index contributed by atoms with van der Waals surface area (Å²) in [5.74, 6) is 0. The molecule has 0 N–H and O–H groups in total. The minimum absolute atomic E-state index is 0.120. The van der Waals surface area contributed by atoms with E-state index in [-0.39, 0.29) is 41.5 Å². The van der Waals surface area contributed by atoms with Crippen LogP contribution in [0.4, 0.5) is 64.4 Å². The van der Waals surface area contributed by atoms with Crippen molar-refractivity contribution in [2.24, 2.45) is 0 Å². The molecule has 0 aliphatic carbocycles. The van der Waals surface area contributed by atoms with Gasteiger partial charge in [0, 0.05) is 81.9 Å². The maximum atomic E-state index is 12.8. The zero-order chi connectivity index (χ0) is 50.9. The van der Waals surface area contributed by atoms with Crippen LogP contribution in [0.25, 0.3) is 0 Å². The molecule has 0 bridgehead atoms. The third kappa shape index (κ3) is 15.7. The fourth-order valence-corrected chi connectivity index (χ4v) is 7.39. The highest BCUT2D eigenvalue weighted by Gasteiger charge is 2.39. The third-order valence-electron chi connectivity index (χ3n) is 9.17. The third-order valence-corrected chi connectivity index (χ3v) is 10.3. The molecule has 27 heteroatoms. The van der Waals surface area contributed by atoms with E-state index in [1.165, 1.54) is 17.0 Å². The average Bonchev–Trinajstić information content (AvgIpc) is 3.21. The van der Waals surface area contributed by atoms with Crippen LogP contribution in [-0.2, 0) is 16.0 Å². The topological polar surface area (TPSA) is 303 Å². The number of halogens is 3. The number of sulfone groups is 1. The van der Waals surface area contributed by atoms with Gasteiger partial charge in [0.05, 0.1) is 40.0 Å². The Kier molecular flexibility index (Phi) is 22.2. The normalized spacial score (nSPS) is 11.0. The second-order valence-corrected chi connectivity index (χ2v) is 16.6. The van der Waals surface area contributed by atoms with Crippen molar-refractivity contribution in [3.8, 4) is 0 Å². The Balaban J connectivity index is 0.000000497. The molecule has 366 valence electrons. The van der Waals surface area contributed by atoms with Crippen LogP contribution in [0.2, 0.25) is 0 Å². The van der Waals surface area contributed by atoms with Crippen LogP contribution < -0.4 is 14.7 Å². The van der Waals surface area contributed by atoms with E-state index in [9.17, 15) is 82.3 Å². The van der Waals surface area contributed by atoms with Crippen molar-refractivity contribution < 1.29 is 51.1 Å². The van der Waals surface area contributed by atoms with Gasteiger partial charge in [0.25, 0.3) is 22.7 Å². The summed E-state index contributed by atoms with van der Waals surface area (Å²) >= 11 is 0. The first-order chi connectivity index (χ1) is 30.7. The van der Waals surface area contributed by atoms with E-state index in [4.69, 9.17) is 0 Å². The van der Waals surface area contributed by atoms with Crippen molar-refractivity contribution in [1.82, 2.24) is 0 Å². The molecule has 3 aromatic carbocycles. The average molecular weight is 962 g/mol. The van der Waals surface area contributed by atoms with Gasteiger partial charge in [-0.2, -0.15) is 13.2 Å². The van der Waals surface area contributed by atoms with Gasteiger partial charge in [-0.25, -0.2) is 8.42 Å². The molecule has 0 atom stereocenters. The van der Waals surface area contributed by atoms with Crippen LogP contribution in [0.3, 0.4) is 0 Å². The van der Waals surface area contributed by atoms with Gasteiger partial charge in [0.2, 0.25) is 0 Å². The van der Waals surface area contributed by atoms with E-state index >= 15 is 0 Å². The summed E-state index contributed by atoms with van der Waals surface area (Å²) in [7, 11) is -3.81. The Hall–Kier alpha value is -6.80. The molecule has 0 aliphatic heterocycles. The zero-order valence-electron chi connectivity index (χ0n) is 37.7. The summed E-state index contributed by atoms with van der Waals surface area (Å²) in [4.78, 5) is 67.0. The Morgan fingerprint density at radius 2 is 0.667 bits per heavy atom. The van der Waals surface area contributed by atoms with Crippen molar-refractivity contribution in [2.75, 3.05) is 60.2 Å². The van der Waals surface area contributed by atoms with E-state index < -0.39 is 78.8 Å². The van der Waals surface area contributed by atoms with Crippen molar-refractivity contribution in [3.05, 3.63) is 108 Å². The molecule has 0 amide bonds. The molecule has 0 heterocycles. The number of nitro benzene ring substituents is 6. The molecule has 0 aliphatic rings. The molecule has 0 saturated carbocycles. The van der Waals surface area contributed by atoms with Gasteiger partial charge in [-0.05, 0) is 51.0 Å². The summed E-state index contributed by atoms with van der Waals surface area (Å²) in [5, 5.41) is 67.5. The number of benzene rings is 3. The summed E-state index contributed by atoms with van der Waals surface area (Å²) in [6, 6.07) is 5.24. The molecule has 0 fully saturated rings. The van der Waals surface area contributed by atoms with Crippen LogP contribution in [0.15, 0.2) is 41.3 Å². The number of alkyl halides is 3. The number of nitrogens with zero attached hydrogens (tertiary/aromatic N) is 9. The van der Waals surface area contributed by atoms with E-state index in [1.807, 2.05) is 27.7 Å². The maximum Gasteiger partial charge on any atom is 0.416 e. The largest absolute Gasteiger partial charge is 0.416 e. The molecule has 66 heavy (non-hydrogen) atoms. The molecule has 0 saturated heterocycles. The predicted molar refractivity (Wildman–Crippen MR) is 240 cm³/mol. The number of hydrogen-bond donors (Lipinski definition) is 0. The molecule has 0 spiro atoms. The Morgan fingerprint density at radius 1 is 0.455 bits per heavy atom. The van der Waals surface area contributed by atoms with Gasteiger partial charge in [0.1, 0.15) is 0 Å². The maximum absolute atomic E-state index is 12.8. The monoisotopic (exact) mass is 961 g/mol. The van der Waals surface area contributed by atoms with E-state index in [1.54, 1.807) is 30.6 Å². The second kappa shape index (κ2) is 25.6. The Bertz CT molecular complexity index is 2230. The number of anilines is 3. The molecular formula is C39H54F3N9O14S. The minimum atomic E-state index is -4.91. The molecular weight excluding hydrogens is 908 g/mol. The van der Waals surface area contributed by atoms with E-state index in [2.05, 4.69) is 0 Å². The van der Waals surface area contributed by atoms with Crippen molar-refractivity contribution >= 4 is 61.0 Å². The summed E-state index contributed by atoms with van der Waals surface area (Å²) in [5.41, 5.74) is -4.64. The fraction of sp³-hybridized carbons (Fsp3) is 0.538. The first kappa shape index (κ1) is 57.2. The zero-order valence-corrected chi connectivity index (χ0v) is 38.5. The summed E-state index contributed by atoms with van der Waals surface area (Å²) in [6.45, 7) is 15.2. The van der Waals surface area contributed by atoms with Crippen molar-refractivity contribution in [2.45, 2.75) is 98.1 Å². The number of rotatable bonds is 22. The van der Waals surface area contributed by atoms with E-state index in [0.717, 1.165) is 31.2 Å². The molecule has 3 rings (SSSR count). The first-order valence-corrected chi connectivity index (χ1v) is 22.5. The van der Waals surface area contributed by atoms with Gasteiger partial charge in [-0.3, -0.25) is 60.7 Å². The van der Waals surface area contributed by atoms with Gasteiger partial charge >= 0.3 is 17.6 Å². The van der Waals surface area contributed by atoms with Crippen LogP contribution >= 0.6 is 0 Å². The van der Waals surface area contributed by atoms with Crippen molar-refractivity contribution in [1.29, 1.82) is 0 Å². The minimum Gasteiger partial charge on any atom is -0.360 e. The number of aryl methyl sites for hydroxylation is 1. The summed E-state index contributed by atoms with van der Waals surface area (Å²) in [6.07, 6.45) is -0.168. The van der Waals surface area contributed by atoms with Crippen LogP contribution in [0.1, 0.15) is 91.2 Å².